The van der Waals surface area contributed by atoms with Crippen LogP contribution in [-0.2, 0) is 4.79 Å². The molecule has 1 unspecified atom stereocenters. The lowest BCUT2D eigenvalue weighted by Gasteiger charge is -2.21. The lowest BCUT2D eigenvalue weighted by molar-refractivity contribution is -0.122. The van der Waals surface area contributed by atoms with Gasteiger partial charge in [-0.1, -0.05) is 87.4 Å². The maximum absolute atomic E-state index is 13.4. The highest BCUT2D eigenvalue weighted by Crippen LogP contribution is 2.36. The van der Waals surface area contributed by atoms with E-state index in [1.807, 2.05) is 71.6 Å². The average Bonchev–Trinajstić information content (AvgIpc) is 3.43. The number of hydrogen-bond donors (Lipinski definition) is 0. The van der Waals surface area contributed by atoms with Crippen LogP contribution in [0.25, 0.3) is 23.0 Å². The highest BCUT2D eigenvalue weighted by molar-refractivity contribution is 8.26. The first-order valence-electron chi connectivity index (χ1n) is 12.1. The number of thioether (sulfide) groups is 1. The molecule has 182 valence electrons. The molecule has 1 aromatic heterocycles. The van der Waals surface area contributed by atoms with E-state index in [-0.39, 0.29) is 5.91 Å². The fourth-order valence-corrected chi connectivity index (χ4v) is 5.44. The second kappa shape index (κ2) is 11.7. The molecule has 0 aliphatic carbocycles. The number of nitrogens with zero attached hydrogens (tertiary/aromatic N) is 3. The fourth-order valence-electron chi connectivity index (χ4n) is 4.17. The van der Waals surface area contributed by atoms with Gasteiger partial charge in [0.05, 0.1) is 17.7 Å². The second-order valence-electron chi connectivity index (χ2n) is 8.65. The molecule has 3 aromatic rings. The van der Waals surface area contributed by atoms with Crippen molar-refractivity contribution in [1.29, 1.82) is 0 Å². The summed E-state index contributed by atoms with van der Waals surface area (Å²) in [5.41, 5.74) is 3.52. The second-order valence-corrected chi connectivity index (χ2v) is 10.3. The Morgan fingerprint density at radius 1 is 1.14 bits per heavy atom. The lowest BCUT2D eigenvalue weighted by Crippen LogP contribution is -2.33. The predicted molar refractivity (Wildman–Crippen MR) is 149 cm³/mol. The number of carbonyl (C=O) groups excluding carboxylic acids is 1. The van der Waals surface area contributed by atoms with Gasteiger partial charge >= 0.3 is 0 Å². The number of thiocarbonyl (C=S) groups is 1. The molecule has 1 atom stereocenters. The van der Waals surface area contributed by atoms with Crippen molar-refractivity contribution in [2.24, 2.45) is 5.92 Å². The van der Waals surface area contributed by atoms with Crippen molar-refractivity contribution >= 4 is 40.3 Å². The molecule has 1 fully saturated rings. The van der Waals surface area contributed by atoms with Crippen molar-refractivity contribution in [3.63, 3.8) is 0 Å². The van der Waals surface area contributed by atoms with Gasteiger partial charge in [-0.3, -0.25) is 9.69 Å². The molecule has 35 heavy (non-hydrogen) atoms. The molecule has 1 aliphatic heterocycles. The van der Waals surface area contributed by atoms with Gasteiger partial charge in [0, 0.05) is 23.9 Å². The number of ether oxygens (including phenoxy) is 1. The Kier molecular flexibility index (Phi) is 8.42. The standard InChI is InChI=1S/C28H31N3O2S2/c1-4-6-11-20(5-2)18-30-27(32)25(35-28(30)34)17-22-19-31(23-13-8-7-9-14-23)29-26(22)21-12-10-15-24(16-21)33-3/h7-10,12-17,19-20H,4-6,11,18H2,1-3H3. The van der Waals surface area contributed by atoms with Crippen LogP contribution in [0.4, 0.5) is 0 Å². The van der Waals surface area contributed by atoms with E-state index in [0.717, 1.165) is 47.5 Å². The van der Waals surface area contributed by atoms with E-state index in [1.54, 1.807) is 12.0 Å². The van der Waals surface area contributed by atoms with Crippen LogP contribution >= 0.6 is 24.0 Å². The van der Waals surface area contributed by atoms with Gasteiger partial charge in [0.15, 0.2) is 0 Å². The van der Waals surface area contributed by atoms with Crippen LogP contribution in [0.2, 0.25) is 0 Å². The number of hydrogen-bond acceptors (Lipinski definition) is 5. The Morgan fingerprint density at radius 3 is 2.66 bits per heavy atom. The number of para-hydroxylation sites is 1. The van der Waals surface area contributed by atoms with E-state index in [4.69, 9.17) is 22.1 Å². The number of rotatable bonds is 10. The van der Waals surface area contributed by atoms with Gasteiger partial charge in [0.25, 0.3) is 5.91 Å². The largest absolute Gasteiger partial charge is 0.497 e. The van der Waals surface area contributed by atoms with Crippen LogP contribution in [0.3, 0.4) is 0 Å². The highest BCUT2D eigenvalue weighted by Gasteiger charge is 2.33. The summed E-state index contributed by atoms with van der Waals surface area (Å²) in [5, 5.41) is 4.88. The zero-order chi connectivity index (χ0) is 24.8. The Labute approximate surface area is 217 Å². The Balaban J connectivity index is 1.69. The van der Waals surface area contributed by atoms with Gasteiger partial charge < -0.3 is 4.74 Å². The maximum Gasteiger partial charge on any atom is 0.266 e. The third-order valence-electron chi connectivity index (χ3n) is 6.25. The number of aromatic nitrogens is 2. The van der Waals surface area contributed by atoms with Gasteiger partial charge in [-0.05, 0) is 42.7 Å². The molecule has 4 rings (SSSR count). The monoisotopic (exact) mass is 505 g/mol. The van der Waals surface area contributed by atoms with E-state index >= 15 is 0 Å². The Morgan fingerprint density at radius 2 is 1.94 bits per heavy atom. The summed E-state index contributed by atoms with van der Waals surface area (Å²) in [6, 6.07) is 17.8. The minimum atomic E-state index is -0.0148. The van der Waals surface area contributed by atoms with Crippen LogP contribution in [0.15, 0.2) is 65.7 Å². The zero-order valence-electron chi connectivity index (χ0n) is 20.4. The van der Waals surface area contributed by atoms with Gasteiger partial charge in [-0.25, -0.2) is 4.68 Å². The van der Waals surface area contributed by atoms with Gasteiger partial charge in [0.1, 0.15) is 15.8 Å². The van der Waals surface area contributed by atoms with Crippen LogP contribution in [-0.4, -0.2) is 38.6 Å². The van der Waals surface area contributed by atoms with E-state index in [9.17, 15) is 4.79 Å². The molecular formula is C28H31N3O2S2. The highest BCUT2D eigenvalue weighted by atomic mass is 32.2. The third kappa shape index (κ3) is 5.85. The van der Waals surface area contributed by atoms with Crippen molar-refractivity contribution in [1.82, 2.24) is 14.7 Å². The summed E-state index contributed by atoms with van der Waals surface area (Å²) < 4.78 is 7.91. The molecule has 0 spiro atoms. The first-order chi connectivity index (χ1) is 17.0. The summed E-state index contributed by atoms with van der Waals surface area (Å²) in [7, 11) is 1.65. The molecule has 0 saturated carbocycles. The number of amides is 1. The summed E-state index contributed by atoms with van der Waals surface area (Å²) in [6.07, 6.45) is 8.38. The zero-order valence-corrected chi connectivity index (χ0v) is 22.1. The molecule has 2 heterocycles. The minimum Gasteiger partial charge on any atom is -0.497 e. The minimum absolute atomic E-state index is 0.0148. The average molecular weight is 506 g/mol. The first kappa shape index (κ1) is 25.2. The third-order valence-corrected chi connectivity index (χ3v) is 7.63. The number of methoxy groups -OCH3 is 1. The molecule has 1 saturated heterocycles. The quantitative estimate of drug-likeness (QED) is 0.220. The SMILES string of the molecule is CCCCC(CC)CN1C(=O)C(=Cc2cn(-c3ccccc3)nc2-c2cccc(OC)c2)SC1=S. The maximum atomic E-state index is 13.4. The summed E-state index contributed by atoms with van der Waals surface area (Å²) in [5.74, 6) is 1.20. The molecule has 0 radical (unpaired) electrons. The molecule has 1 aliphatic rings. The normalized spacial score (nSPS) is 15.7. The van der Waals surface area contributed by atoms with Crippen molar-refractivity contribution < 1.29 is 9.53 Å². The van der Waals surface area contributed by atoms with Crippen molar-refractivity contribution in [3.8, 4) is 22.7 Å². The number of carbonyl (C=O) groups is 1. The van der Waals surface area contributed by atoms with Crippen molar-refractivity contribution in [3.05, 3.63) is 71.3 Å². The van der Waals surface area contributed by atoms with Crippen LogP contribution in [0.1, 0.15) is 45.1 Å². The van der Waals surface area contributed by atoms with Gasteiger partial charge in [0.2, 0.25) is 0 Å². The van der Waals surface area contributed by atoms with E-state index in [2.05, 4.69) is 13.8 Å². The first-order valence-corrected chi connectivity index (χ1v) is 13.3. The molecule has 0 bridgehead atoms. The Hall–Kier alpha value is -2.90. The van der Waals surface area contributed by atoms with Crippen LogP contribution < -0.4 is 4.74 Å². The number of benzene rings is 2. The van der Waals surface area contributed by atoms with Gasteiger partial charge in [-0.2, -0.15) is 5.10 Å². The number of unbranched alkanes of at least 4 members (excludes halogenated alkanes) is 1. The van der Waals surface area contributed by atoms with E-state index in [0.29, 0.717) is 21.7 Å². The fraction of sp³-hybridized carbons (Fsp3) is 0.321. The van der Waals surface area contributed by atoms with Crippen LogP contribution in [0, 0.1) is 5.92 Å². The van der Waals surface area contributed by atoms with E-state index in [1.165, 1.54) is 18.2 Å². The summed E-state index contributed by atoms with van der Waals surface area (Å²) in [6.45, 7) is 5.07. The molecule has 1 amide bonds. The molecule has 7 heteroatoms. The van der Waals surface area contributed by atoms with Crippen molar-refractivity contribution in [2.45, 2.75) is 39.5 Å². The Bertz CT molecular complexity index is 1220. The van der Waals surface area contributed by atoms with Crippen molar-refractivity contribution in [2.75, 3.05) is 13.7 Å². The van der Waals surface area contributed by atoms with Gasteiger partial charge in [-0.15, -0.1) is 0 Å². The summed E-state index contributed by atoms with van der Waals surface area (Å²) >= 11 is 7.00. The summed E-state index contributed by atoms with van der Waals surface area (Å²) in [4.78, 5) is 15.8. The van der Waals surface area contributed by atoms with E-state index < -0.39 is 0 Å². The predicted octanol–water partition coefficient (Wildman–Crippen LogP) is 6.97. The topological polar surface area (TPSA) is 47.4 Å². The molecule has 2 aromatic carbocycles. The molecule has 5 nitrogen and oxygen atoms in total. The van der Waals surface area contributed by atoms with Crippen LogP contribution in [0.5, 0.6) is 5.75 Å². The lowest BCUT2D eigenvalue weighted by atomic mass is 9.99. The molecular weight excluding hydrogens is 474 g/mol. The molecule has 0 N–H and O–H groups in total. The smallest absolute Gasteiger partial charge is 0.266 e.